The van der Waals surface area contributed by atoms with Crippen LogP contribution in [0.15, 0.2) is 42.5 Å². The number of aromatic nitrogens is 1. The smallest absolute Gasteiger partial charge is 0.263 e. The number of hydrogen-bond donors (Lipinski definition) is 0. The van der Waals surface area contributed by atoms with Crippen molar-refractivity contribution in [2.24, 2.45) is 0 Å². The van der Waals surface area contributed by atoms with E-state index >= 15 is 0 Å². The molecular weight excluding hydrogens is 248 g/mol. The summed E-state index contributed by atoms with van der Waals surface area (Å²) < 4.78 is 30.0. The zero-order chi connectivity index (χ0) is 12.3. The second kappa shape index (κ2) is 5.10. The zero-order valence-corrected chi connectivity index (χ0v) is 9.36. The largest absolute Gasteiger partial charge is 0.439 e. The van der Waals surface area contributed by atoms with Gasteiger partial charge in [-0.15, -0.1) is 0 Å². The zero-order valence-electron chi connectivity index (χ0n) is 8.61. The van der Waals surface area contributed by atoms with Crippen LogP contribution >= 0.6 is 11.6 Å². The van der Waals surface area contributed by atoms with E-state index in [-0.39, 0.29) is 5.56 Å². The standard InChI is InChI=1S/C12H8ClF2NO/c13-10-2-1-3-11(16-10)17-9-6-4-8(5-7-9)12(14)15/h1-7,12H. The van der Waals surface area contributed by atoms with Gasteiger partial charge in [-0.05, 0) is 30.3 Å². The summed E-state index contributed by atoms with van der Waals surface area (Å²) in [6, 6.07) is 10.5. The number of halogens is 3. The van der Waals surface area contributed by atoms with Gasteiger partial charge in [0.1, 0.15) is 10.9 Å². The van der Waals surface area contributed by atoms with Crippen molar-refractivity contribution in [3.05, 3.63) is 53.2 Å². The van der Waals surface area contributed by atoms with Crippen molar-refractivity contribution in [1.29, 1.82) is 0 Å². The predicted molar refractivity (Wildman–Crippen MR) is 60.7 cm³/mol. The van der Waals surface area contributed by atoms with Crippen molar-refractivity contribution in [2.45, 2.75) is 6.43 Å². The SMILES string of the molecule is FC(F)c1ccc(Oc2cccc(Cl)n2)cc1. The quantitative estimate of drug-likeness (QED) is 0.755. The van der Waals surface area contributed by atoms with E-state index in [2.05, 4.69) is 4.98 Å². The number of benzene rings is 1. The molecule has 0 radical (unpaired) electrons. The minimum absolute atomic E-state index is 0.0450. The molecule has 0 unspecified atom stereocenters. The highest BCUT2D eigenvalue weighted by Gasteiger charge is 2.06. The summed E-state index contributed by atoms with van der Waals surface area (Å²) >= 11 is 5.69. The number of pyridine rings is 1. The maximum atomic E-state index is 12.3. The van der Waals surface area contributed by atoms with Gasteiger partial charge in [-0.2, -0.15) is 0 Å². The summed E-state index contributed by atoms with van der Waals surface area (Å²) in [7, 11) is 0. The lowest BCUT2D eigenvalue weighted by Crippen LogP contribution is -1.89. The van der Waals surface area contributed by atoms with Crippen molar-refractivity contribution >= 4 is 11.6 Å². The summed E-state index contributed by atoms with van der Waals surface area (Å²) in [6.07, 6.45) is -2.48. The van der Waals surface area contributed by atoms with Crippen LogP contribution in [-0.4, -0.2) is 4.98 Å². The molecule has 88 valence electrons. The first-order valence-electron chi connectivity index (χ1n) is 4.83. The molecule has 2 nitrogen and oxygen atoms in total. The van der Waals surface area contributed by atoms with Crippen LogP contribution in [0.4, 0.5) is 8.78 Å². The van der Waals surface area contributed by atoms with Crippen molar-refractivity contribution in [1.82, 2.24) is 4.98 Å². The van der Waals surface area contributed by atoms with Gasteiger partial charge in [-0.1, -0.05) is 17.7 Å². The molecule has 0 bridgehead atoms. The number of hydrogen-bond acceptors (Lipinski definition) is 2. The Morgan fingerprint density at radius 1 is 1.06 bits per heavy atom. The van der Waals surface area contributed by atoms with Crippen molar-refractivity contribution in [3.63, 3.8) is 0 Å². The first-order chi connectivity index (χ1) is 8.15. The Balaban J connectivity index is 2.14. The second-order valence-corrected chi connectivity index (χ2v) is 3.66. The van der Waals surface area contributed by atoms with Crippen LogP contribution in [-0.2, 0) is 0 Å². The first-order valence-corrected chi connectivity index (χ1v) is 5.21. The predicted octanol–water partition coefficient (Wildman–Crippen LogP) is 4.46. The number of rotatable bonds is 3. The Labute approximate surface area is 102 Å². The van der Waals surface area contributed by atoms with Crippen molar-refractivity contribution in [2.75, 3.05) is 0 Å². The summed E-state index contributed by atoms with van der Waals surface area (Å²) in [5, 5.41) is 0.312. The number of nitrogens with zero attached hydrogens (tertiary/aromatic N) is 1. The molecule has 17 heavy (non-hydrogen) atoms. The summed E-state index contributed by atoms with van der Waals surface area (Å²) in [4.78, 5) is 3.92. The molecule has 2 aromatic rings. The van der Waals surface area contributed by atoms with Gasteiger partial charge in [0.25, 0.3) is 6.43 Å². The van der Waals surface area contributed by atoms with Gasteiger partial charge in [-0.3, -0.25) is 0 Å². The Hall–Kier alpha value is -1.68. The number of ether oxygens (including phenoxy) is 1. The minimum atomic E-state index is -2.48. The van der Waals surface area contributed by atoms with Gasteiger partial charge in [0.15, 0.2) is 0 Å². The Bertz CT molecular complexity index is 502. The van der Waals surface area contributed by atoms with E-state index in [4.69, 9.17) is 16.3 Å². The first kappa shape index (κ1) is 11.8. The van der Waals surface area contributed by atoms with Gasteiger partial charge >= 0.3 is 0 Å². The molecule has 0 amide bonds. The molecule has 1 heterocycles. The van der Waals surface area contributed by atoms with E-state index in [0.717, 1.165) is 0 Å². The maximum Gasteiger partial charge on any atom is 0.263 e. The summed E-state index contributed by atoms with van der Waals surface area (Å²) in [5.41, 5.74) is -0.0450. The lowest BCUT2D eigenvalue weighted by atomic mass is 10.2. The van der Waals surface area contributed by atoms with E-state index < -0.39 is 6.43 Å². The van der Waals surface area contributed by atoms with Gasteiger partial charge in [-0.25, -0.2) is 13.8 Å². The third-order valence-corrected chi connectivity index (χ3v) is 2.25. The lowest BCUT2D eigenvalue weighted by molar-refractivity contribution is 0.151. The monoisotopic (exact) mass is 255 g/mol. The van der Waals surface area contributed by atoms with Gasteiger partial charge in [0.05, 0.1) is 0 Å². The van der Waals surface area contributed by atoms with Crippen LogP contribution in [0.2, 0.25) is 5.15 Å². The number of alkyl halides is 2. The molecule has 1 aromatic carbocycles. The van der Waals surface area contributed by atoms with Crippen LogP contribution in [0, 0.1) is 0 Å². The Morgan fingerprint density at radius 3 is 2.35 bits per heavy atom. The maximum absolute atomic E-state index is 12.3. The van der Waals surface area contributed by atoms with Crippen molar-refractivity contribution < 1.29 is 13.5 Å². The van der Waals surface area contributed by atoms with Crippen LogP contribution in [0.1, 0.15) is 12.0 Å². The molecule has 0 spiro atoms. The molecule has 0 atom stereocenters. The van der Waals surface area contributed by atoms with Crippen LogP contribution in [0.3, 0.4) is 0 Å². The van der Waals surface area contributed by atoms with Crippen molar-refractivity contribution in [3.8, 4) is 11.6 Å². The molecule has 5 heteroatoms. The second-order valence-electron chi connectivity index (χ2n) is 3.27. The molecule has 2 rings (SSSR count). The summed E-state index contributed by atoms with van der Waals surface area (Å²) in [5.74, 6) is 0.756. The molecule has 0 N–H and O–H groups in total. The van der Waals surface area contributed by atoms with Crippen LogP contribution in [0.5, 0.6) is 11.6 Å². The minimum Gasteiger partial charge on any atom is -0.439 e. The van der Waals surface area contributed by atoms with Crippen LogP contribution < -0.4 is 4.74 Å². The topological polar surface area (TPSA) is 22.1 Å². The van der Waals surface area contributed by atoms with E-state index in [9.17, 15) is 8.78 Å². The fourth-order valence-electron chi connectivity index (χ4n) is 1.25. The lowest BCUT2D eigenvalue weighted by Gasteiger charge is -2.05. The molecule has 0 aliphatic rings. The fraction of sp³-hybridized carbons (Fsp3) is 0.0833. The molecule has 0 aliphatic carbocycles. The van der Waals surface area contributed by atoms with E-state index in [1.54, 1.807) is 18.2 Å². The molecule has 0 aliphatic heterocycles. The van der Waals surface area contributed by atoms with Crippen LogP contribution in [0.25, 0.3) is 0 Å². The fourth-order valence-corrected chi connectivity index (χ4v) is 1.40. The average molecular weight is 256 g/mol. The third kappa shape index (κ3) is 3.14. The molecule has 0 saturated carbocycles. The highest BCUT2D eigenvalue weighted by molar-refractivity contribution is 6.29. The Kier molecular flexibility index (Phi) is 3.54. The van der Waals surface area contributed by atoms with Gasteiger partial charge in [0, 0.05) is 11.6 Å². The molecule has 0 fully saturated rings. The van der Waals surface area contributed by atoms with E-state index in [1.165, 1.54) is 24.3 Å². The highest BCUT2D eigenvalue weighted by Crippen LogP contribution is 2.24. The molecule has 0 saturated heterocycles. The highest BCUT2D eigenvalue weighted by atomic mass is 35.5. The van der Waals surface area contributed by atoms with Gasteiger partial charge < -0.3 is 4.74 Å². The summed E-state index contributed by atoms with van der Waals surface area (Å²) in [6.45, 7) is 0. The normalized spacial score (nSPS) is 10.6. The average Bonchev–Trinajstić information content (AvgIpc) is 2.29. The van der Waals surface area contributed by atoms with E-state index in [1.807, 2.05) is 0 Å². The van der Waals surface area contributed by atoms with E-state index in [0.29, 0.717) is 16.8 Å². The van der Waals surface area contributed by atoms with Gasteiger partial charge in [0.2, 0.25) is 5.88 Å². The molecular formula is C12H8ClF2NO. The third-order valence-electron chi connectivity index (χ3n) is 2.04. The Morgan fingerprint density at radius 2 is 1.76 bits per heavy atom. The molecule has 1 aromatic heterocycles.